The second kappa shape index (κ2) is 8.39. The van der Waals surface area contributed by atoms with Gasteiger partial charge in [0.1, 0.15) is 23.2 Å². The third-order valence-electron chi connectivity index (χ3n) is 3.50. The van der Waals surface area contributed by atoms with E-state index in [1.54, 1.807) is 24.3 Å². The Morgan fingerprint density at radius 1 is 1.23 bits per heavy atom. The van der Waals surface area contributed by atoms with Gasteiger partial charge in [0.2, 0.25) is 5.91 Å². The number of benzene rings is 1. The van der Waals surface area contributed by atoms with E-state index in [0.717, 1.165) is 0 Å². The number of nitrogens with zero attached hydrogens (tertiary/aromatic N) is 2. The number of carbonyl (C=O) groups is 1. The van der Waals surface area contributed by atoms with Crippen molar-refractivity contribution in [2.75, 3.05) is 11.9 Å². The van der Waals surface area contributed by atoms with Crippen molar-refractivity contribution in [3.05, 3.63) is 40.7 Å². The summed E-state index contributed by atoms with van der Waals surface area (Å²) in [6, 6.07) is 5.08. The Kier molecular flexibility index (Phi) is 6.47. The molecule has 0 spiro atoms. The molecule has 5 nitrogen and oxygen atoms in total. The van der Waals surface area contributed by atoms with Gasteiger partial charge < -0.3 is 10.1 Å². The Bertz CT molecular complexity index is 766. The quantitative estimate of drug-likeness (QED) is 0.673. The Hall–Kier alpha value is -2.29. The lowest BCUT2D eigenvalue weighted by molar-refractivity contribution is -0.119. The van der Waals surface area contributed by atoms with Crippen molar-refractivity contribution < 1.29 is 27.1 Å². The van der Waals surface area contributed by atoms with E-state index in [4.69, 9.17) is 16.3 Å². The van der Waals surface area contributed by atoms with Crippen LogP contribution in [-0.2, 0) is 4.79 Å². The van der Waals surface area contributed by atoms with Gasteiger partial charge in [0.05, 0.1) is 11.6 Å². The number of hydrogen-bond donors (Lipinski definition) is 1. The number of hydrogen-bond acceptors (Lipinski definition) is 3. The van der Waals surface area contributed by atoms with E-state index >= 15 is 0 Å². The molecule has 142 valence electrons. The molecule has 1 heterocycles. The number of carbonyl (C=O) groups excluding carboxylic acids is 1. The van der Waals surface area contributed by atoms with E-state index in [0.29, 0.717) is 22.7 Å². The first-order valence-corrected chi connectivity index (χ1v) is 8.01. The van der Waals surface area contributed by atoms with Crippen LogP contribution in [0.4, 0.5) is 23.2 Å². The summed E-state index contributed by atoms with van der Waals surface area (Å²) in [5.74, 6) is -0.116. The van der Waals surface area contributed by atoms with Crippen molar-refractivity contribution in [1.29, 1.82) is 0 Å². The number of alkyl halides is 4. The van der Waals surface area contributed by atoms with E-state index in [-0.39, 0.29) is 0 Å². The molecule has 1 unspecified atom stereocenters. The molecule has 0 fully saturated rings. The van der Waals surface area contributed by atoms with Gasteiger partial charge in [-0.25, -0.2) is 22.2 Å². The SMILES string of the molecule is CCOc1ccc(NC(=O)C(C)n2nc(C(F)F)c(Cl)c2C(F)F)cc1. The normalized spacial score (nSPS) is 12.5. The van der Waals surface area contributed by atoms with Gasteiger partial charge >= 0.3 is 0 Å². The number of aromatic nitrogens is 2. The summed E-state index contributed by atoms with van der Waals surface area (Å²) in [5, 5.41) is 5.07. The molecule has 1 aromatic carbocycles. The monoisotopic (exact) mass is 393 g/mol. The standard InChI is InChI=1S/C16H16ClF4N3O2/c1-3-26-10-6-4-9(5-7-10)22-16(25)8(2)24-13(15(20)21)11(17)12(23-24)14(18)19/h4-8,14-15H,3H2,1-2H3,(H,22,25). The maximum Gasteiger partial charge on any atom is 0.283 e. The molecule has 0 saturated carbocycles. The number of halogens is 5. The highest BCUT2D eigenvalue weighted by atomic mass is 35.5. The molecular weight excluding hydrogens is 378 g/mol. The van der Waals surface area contributed by atoms with Crippen LogP contribution in [0.15, 0.2) is 24.3 Å². The van der Waals surface area contributed by atoms with Gasteiger partial charge in [0.25, 0.3) is 12.9 Å². The summed E-state index contributed by atoms with van der Waals surface area (Å²) in [4.78, 5) is 12.3. The second-order valence-corrected chi connectivity index (χ2v) is 5.63. The highest BCUT2D eigenvalue weighted by molar-refractivity contribution is 6.32. The van der Waals surface area contributed by atoms with Crippen LogP contribution in [0.3, 0.4) is 0 Å². The molecule has 1 N–H and O–H groups in total. The number of rotatable bonds is 7. The molecule has 1 amide bonds. The van der Waals surface area contributed by atoms with Gasteiger partial charge in [-0.2, -0.15) is 5.10 Å². The summed E-state index contributed by atoms with van der Waals surface area (Å²) < 4.78 is 57.9. The van der Waals surface area contributed by atoms with Gasteiger partial charge in [0, 0.05) is 5.69 Å². The van der Waals surface area contributed by atoms with Crippen molar-refractivity contribution >= 4 is 23.2 Å². The molecule has 0 aliphatic rings. The smallest absolute Gasteiger partial charge is 0.283 e. The number of nitrogens with one attached hydrogen (secondary N) is 1. The zero-order chi connectivity index (χ0) is 19.4. The molecular formula is C16H16ClF4N3O2. The summed E-state index contributed by atoms with van der Waals surface area (Å²) in [6.07, 6.45) is -6.30. The van der Waals surface area contributed by atoms with E-state index < -0.39 is 41.2 Å². The van der Waals surface area contributed by atoms with E-state index in [1.165, 1.54) is 6.92 Å². The van der Waals surface area contributed by atoms with Crippen molar-refractivity contribution in [3.63, 3.8) is 0 Å². The third kappa shape index (κ3) is 4.27. The Balaban J connectivity index is 2.23. The van der Waals surface area contributed by atoms with Crippen molar-refractivity contribution in [2.45, 2.75) is 32.7 Å². The van der Waals surface area contributed by atoms with Gasteiger partial charge in [-0.1, -0.05) is 11.6 Å². The molecule has 0 aliphatic carbocycles. The maximum atomic E-state index is 13.2. The van der Waals surface area contributed by atoms with Gasteiger partial charge in [-0.15, -0.1) is 0 Å². The van der Waals surface area contributed by atoms with Gasteiger partial charge in [-0.3, -0.25) is 4.79 Å². The zero-order valence-electron chi connectivity index (χ0n) is 13.8. The topological polar surface area (TPSA) is 56.1 Å². The lowest BCUT2D eigenvalue weighted by atomic mass is 10.2. The Morgan fingerprint density at radius 3 is 2.35 bits per heavy atom. The van der Waals surface area contributed by atoms with E-state index in [1.807, 2.05) is 6.92 Å². The fraction of sp³-hybridized carbons (Fsp3) is 0.375. The maximum absolute atomic E-state index is 13.2. The third-order valence-corrected chi connectivity index (χ3v) is 3.89. The predicted molar refractivity (Wildman–Crippen MR) is 88.1 cm³/mol. The second-order valence-electron chi connectivity index (χ2n) is 5.25. The molecule has 10 heteroatoms. The van der Waals surface area contributed by atoms with E-state index in [9.17, 15) is 22.4 Å². The minimum atomic E-state index is -3.16. The van der Waals surface area contributed by atoms with Crippen molar-refractivity contribution in [2.24, 2.45) is 0 Å². The Morgan fingerprint density at radius 2 is 1.85 bits per heavy atom. The van der Waals surface area contributed by atoms with Crippen LogP contribution < -0.4 is 10.1 Å². The van der Waals surface area contributed by atoms with Crippen LogP contribution in [0.5, 0.6) is 5.75 Å². The lowest BCUT2D eigenvalue weighted by Gasteiger charge is -2.16. The molecule has 0 saturated heterocycles. The number of ether oxygens (including phenoxy) is 1. The van der Waals surface area contributed by atoms with Crippen LogP contribution in [-0.4, -0.2) is 22.3 Å². The van der Waals surface area contributed by atoms with Crippen LogP contribution in [0.25, 0.3) is 0 Å². The number of anilines is 1. The average molecular weight is 394 g/mol. The lowest BCUT2D eigenvalue weighted by Crippen LogP contribution is -2.26. The number of amides is 1. The summed E-state index contributed by atoms with van der Waals surface area (Å²) >= 11 is 5.59. The molecule has 2 aromatic rings. The van der Waals surface area contributed by atoms with Crippen LogP contribution in [0, 0.1) is 0 Å². The molecule has 26 heavy (non-hydrogen) atoms. The Labute approximate surface area is 151 Å². The summed E-state index contributed by atoms with van der Waals surface area (Å²) in [7, 11) is 0. The van der Waals surface area contributed by atoms with Crippen LogP contribution in [0.1, 0.15) is 44.1 Å². The highest BCUT2D eigenvalue weighted by Gasteiger charge is 2.31. The van der Waals surface area contributed by atoms with Crippen LogP contribution >= 0.6 is 11.6 Å². The minimum absolute atomic E-state index is 0.385. The molecule has 2 rings (SSSR count). The van der Waals surface area contributed by atoms with Crippen molar-refractivity contribution in [3.8, 4) is 5.75 Å². The fourth-order valence-corrected chi connectivity index (χ4v) is 2.52. The minimum Gasteiger partial charge on any atom is -0.494 e. The molecule has 0 aliphatic heterocycles. The fourth-order valence-electron chi connectivity index (χ4n) is 2.23. The van der Waals surface area contributed by atoms with Crippen molar-refractivity contribution in [1.82, 2.24) is 9.78 Å². The molecule has 0 bridgehead atoms. The van der Waals surface area contributed by atoms with Crippen LogP contribution in [0.2, 0.25) is 5.02 Å². The average Bonchev–Trinajstić information content (AvgIpc) is 2.93. The first-order valence-electron chi connectivity index (χ1n) is 7.64. The largest absolute Gasteiger partial charge is 0.494 e. The first kappa shape index (κ1) is 20.0. The molecule has 1 aromatic heterocycles. The highest BCUT2D eigenvalue weighted by Crippen LogP contribution is 2.36. The zero-order valence-corrected chi connectivity index (χ0v) is 14.6. The molecule has 1 atom stereocenters. The molecule has 0 radical (unpaired) electrons. The summed E-state index contributed by atoms with van der Waals surface area (Å²) in [6.45, 7) is 3.56. The predicted octanol–water partition coefficient (Wildman–Crippen LogP) is 5.01. The van der Waals surface area contributed by atoms with Gasteiger partial charge in [0.15, 0.2) is 0 Å². The summed E-state index contributed by atoms with van der Waals surface area (Å²) in [5.41, 5.74) is -1.52. The van der Waals surface area contributed by atoms with Gasteiger partial charge in [-0.05, 0) is 38.1 Å². The van der Waals surface area contributed by atoms with E-state index in [2.05, 4.69) is 10.4 Å². The first-order chi connectivity index (χ1) is 12.3.